The Balaban J connectivity index is 2.38. The molecule has 1 nitrogen and oxygen atoms in total. The van der Waals surface area contributed by atoms with Crippen LogP contribution in [0.1, 0.15) is 44.4 Å². The van der Waals surface area contributed by atoms with Gasteiger partial charge in [-0.2, -0.15) is 0 Å². The fourth-order valence-corrected chi connectivity index (χ4v) is 3.65. The molecule has 22 heavy (non-hydrogen) atoms. The molecule has 0 amide bonds. The molecule has 108 valence electrons. The van der Waals surface area contributed by atoms with E-state index in [4.69, 9.17) is 15.7 Å². The monoisotopic (exact) mass is 285 g/mol. The number of hydrogen-bond donors (Lipinski definition) is 0. The number of aryl methyl sites for hydroxylation is 1. The zero-order valence-electron chi connectivity index (χ0n) is 14.1. The summed E-state index contributed by atoms with van der Waals surface area (Å²) in [6.45, 7) is 10.5. The van der Waals surface area contributed by atoms with Crippen LogP contribution in [0.5, 0.6) is 0 Å². The first-order valence-electron chi connectivity index (χ1n) is 7.76. The van der Waals surface area contributed by atoms with Crippen LogP contribution in [0.2, 0.25) is 0 Å². The van der Waals surface area contributed by atoms with Crippen LogP contribution in [0.25, 0.3) is 11.3 Å². The van der Waals surface area contributed by atoms with Gasteiger partial charge in [-0.1, -0.05) is 52.0 Å². The Morgan fingerprint density at radius 2 is 1.55 bits per heavy atom. The highest BCUT2D eigenvalue weighted by molar-refractivity contribution is 6.23. The lowest BCUT2D eigenvalue weighted by atomic mass is 9.45. The largest absolute Gasteiger partial charge is 0.256 e. The standard InChI is InChI=1S/C19H21B2N/c1-12-8-6-7-9-13(12)16-15-14(10-11-22-16)18(4,20)17(2,3)19(15,5)21/h6-11H,1-5H3. The maximum absolute atomic E-state index is 6.81. The summed E-state index contributed by atoms with van der Waals surface area (Å²) in [7, 11) is 13.5. The summed E-state index contributed by atoms with van der Waals surface area (Å²) >= 11 is 0. The van der Waals surface area contributed by atoms with E-state index in [1.54, 1.807) is 0 Å². The third-order valence-corrected chi connectivity index (χ3v) is 6.03. The van der Waals surface area contributed by atoms with Crippen molar-refractivity contribution in [2.45, 2.75) is 45.2 Å². The maximum atomic E-state index is 6.81. The quantitative estimate of drug-likeness (QED) is 0.725. The van der Waals surface area contributed by atoms with Gasteiger partial charge in [0.25, 0.3) is 0 Å². The number of pyridine rings is 1. The molecule has 1 heterocycles. The first-order chi connectivity index (χ1) is 10.1. The zero-order chi connectivity index (χ0) is 16.3. The van der Waals surface area contributed by atoms with Crippen molar-refractivity contribution in [2.75, 3.05) is 0 Å². The van der Waals surface area contributed by atoms with Gasteiger partial charge in [-0.25, -0.2) is 0 Å². The van der Waals surface area contributed by atoms with Crippen molar-refractivity contribution in [3.05, 3.63) is 53.2 Å². The van der Waals surface area contributed by atoms with Crippen LogP contribution in [0, 0.1) is 12.3 Å². The molecular weight excluding hydrogens is 264 g/mol. The minimum atomic E-state index is -0.544. The zero-order valence-corrected chi connectivity index (χ0v) is 14.1. The summed E-state index contributed by atoms with van der Waals surface area (Å²) < 4.78 is 0. The molecule has 2 atom stereocenters. The lowest BCUT2D eigenvalue weighted by molar-refractivity contribution is 0.216. The minimum absolute atomic E-state index is 0.275. The molecule has 3 rings (SSSR count). The smallest absolute Gasteiger partial charge is 0.0815 e. The summed E-state index contributed by atoms with van der Waals surface area (Å²) in [5.74, 6) is 0. The second-order valence-corrected chi connectivity index (χ2v) is 7.43. The SMILES string of the molecule is [B]C1(C)c2ccnc(-c3ccccc3C)c2C([B])(C)C1(C)C. The van der Waals surface area contributed by atoms with Gasteiger partial charge in [-0.05, 0) is 45.7 Å². The predicted octanol–water partition coefficient (Wildman–Crippen LogP) is 3.86. The van der Waals surface area contributed by atoms with Crippen molar-refractivity contribution in [3.63, 3.8) is 0 Å². The van der Waals surface area contributed by atoms with E-state index in [1.807, 2.05) is 24.4 Å². The van der Waals surface area contributed by atoms with E-state index in [0.717, 1.165) is 22.4 Å². The molecule has 0 saturated carbocycles. The second kappa shape index (κ2) is 4.50. The van der Waals surface area contributed by atoms with Crippen LogP contribution < -0.4 is 0 Å². The highest BCUT2D eigenvalue weighted by Crippen LogP contribution is 2.60. The van der Waals surface area contributed by atoms with E-state index >= 15 is 0 Å². The van der Waals surface area contributed by atoms with E-state index in [1.165, 1.54) is 5.56 Å². The summed E-state index contributed by atoms with van der Waals surface area (Å²) in [5.41, 5.74) is 5.20. The lowest BCUT2D eigenvalue weighted by Gasteiger charge is -2.45. The highest BCUT2D eigenvalue weighted by atomic mass is 14.7. The van der Waals surface area contributed by atoms with E-state index in [2.05, 4.69) is 51.7 Å². The Morgan fingerprint density at radius 1 is 0.909 bits per heavy atom. The lowest BCUT2D eigenvalue weighted by Crippen LogP contribution is -2.46. The van der Waals surface area contributed by atoms with Gasteiger partial charge >= 0.3 is 0 Å². The minimum Gasteiger partial charge on any atom is -0.256 e. The Hall–Kier alpha value is -1.50. The molecule has 1 aromatic carbocycles. The van der Waals surface area contributed by atoms with E-state index in [-0.39, 0.29) is 5.41 Å². The third-order valence-electron chi connectivity index (χ3n) is 6.03. The van der Waals surface area contributed by atoms with Crippen molar-refractivity contribution in [2.24, 2.45) is 5.41 Å². The molecule has 0 saturated heterocycles. The van der Waals surface area contributed by atoms with Gasteiger partial charge in [0.2, 0.25) is 0 Å². The summed E-state index contributed by atoms with van der Waals surface area (Å²) in [4.78, 5) is 4.67. The Kier molecular flexibility index (Phi) is 3.15. The van der Waals surface area contributed by atoms with Crippen LogP contribution in [0.4, 0.5) is 0 Å². The first kappa shape index (κ1) is 15.4. The molecule has 0 bridgehead atoms. The van der Waals surface area contributed by atoms with Gasteiger partial charge in [-0.3, -0.25) is 4.98 Å². The predicted molar refractivity (Wildman–Crippen MR) is 94.4 cm³/mol. The Bertz CT molecular complexity index is 745. The molecule has 1 aromatic heterocycles. The fraction of sp³-hybridized carbons (Fsp3) is 0.421. The molecule has 4 radical (unpaired) electrons. The van der Waals surface area contributed by atoms with Gasteiger partial charge in [0.15, 0.2) is 0 Å². The number of fused-ring (bicyclic) bond motifs is 1. The topological polar surface area (TPSA) is 12.9 Å². The number of aromatic nitrogens is 1. The van der Waals surface area contributed by atoms with Gasteiger partial charge in [0.05, 0.1) is 21.4 Å². The average Bonchev–Trinajstić information content (AvgIpc) is 2.56. The molecule has 0 fully saturated rings. The third kappa shape index (κ3) is 1.71. The van der Waals surface area contributed by atoms with Crippen molar-refractivity contribution < 1.29 is 0 Å². The molecule has 0 aliphatic heterocycles. The Labute approximate surface area is 136 Å². The fourth-order valence-electron chi connectivity index (χ4n) is 3.65. The van der Waals surface area contributed by atoms with Crippen LogP contribution in [-0.4, -0.2) is 20.7 Å². The van der Waals surface area contributed by atoms with E-state index in [9.17, 15) is 0 Å². The average molecular weight is 285 g/mol. The number of nitrogens with zero attached hydrogens (tertiary/aromatic N) is 1. The maximum Gasteiger partial charge on any atom is 0.0815 e. The summed E-state index contributed by atoms with van der Waals surface area (Å²) in [6, 6.07) is 10.3. The van der Waals surface area contributed by atoms with Crippen LogP contribution in [0.15, 0.2) is 36.5 Å². The molecule has 1 aliphatic carbocycles. The molecule has 2 aromatic rings. The number of rotatable bonds is 1. The molecule has 0 spiro atoms. The van der Waals surface area contributed by atoms with Crippen LogP contribution >= 0.6 is 0 Å². The van der Waals surface area contributed by atoms with Gasteiger partial charge in [0.1, 0.15) is 0 Å². The number of hydrogen-bond acceptors (Lipinski definition) is 1. The van der Waals surface area contributed by atoms with E-state index in [0.29, 0.717) is 0 Å². The van der Waals surface area contributed by atoms with Crippen molar-refractivity contribution >= 4 is 15.7 Å². The highest BCUT2D eigenvalue weighted by Gasteiger charge is 2.56. The molecule has 2 unspecified atom stereocenters. The molecule has 1 aliphatic rings. The van der Waals surface area contributed by atoms with Gasteiger partial charge in [-0.15, -0.1) is 0 Å². The van der Waals surface area contributed by atoms with Crippen molar-refractivity contribution in [1.82, 2.24) is 4.98 Å². The van der Waals surface area contributed by atoms with Gasteiger partial charge < -0.3 is 0 Å². The Morgan fingerprint density at radius 3 is 2.18 bits per heavy atom. The van der Waals surface area contributed by atoms with Crippen molar-refractivity contribution in [3.8, 4) is 11.3 Å². The molecule has 3 heteroatoms. The molecular formula is C19H21B2N. The number of benzene rings is 1. The van der Waals surface area contributed by atoms with Crippen molar-refractivity contribution in [1.29, 1.82) is 0 Å². The van der Waals surface area contributed by atoms with Gasteiger partial charge in [0, 0.05) is 11.8 Å². The molecule has 0 N–H and O–H groups in total. The summed E-state index contributed by atoms with van der Waals surface area (Å²) in [6.07, 6.45) is 1.85. The van der Waals surface area contributed by atoms with E-state index < -0.39 is 10.6 Å². The van der Waals surface area contributed by atoms with Crippen LogP contribution in [-0.2, 0) is 10.6 Å². The summed E-state index contributed by atoms with van der Waals surface area (Å²) in [5, 5.41) is -1.04. The first-order valence-corrected chi connectivity index (χ1v) is 7.76. The van der Waals surface area contributed by atoms with Crippen LogP contribution in [0.3, 0.4) is 0 Å². The second-order valence-electron chi connectivity index (χ2n) is 7.43. The normalized spacial score (nSPS) is 29.3.